The van der Waals surface area contributed by atoms with Gasteiger partial charge in [0.1, 0.15) is 0 Å². The van der Waals surface area contributed by atoms with Crippen LogP contribution in [-0.2, 0) is 9.47 Å². The normalized spacial score (nSPS) is 47.2. The van der Waals surface area contributed by atoms with Gasteiger partial charge in [-0.2, -0.15) is 0 Å². The van der Waals surface area contributed by atoms with Gasteiger partial charge in [0, 0.05) is 0 Å². The summed E-state index contributed by atoms with van der Waals surface area (Å²) in [5.41, 5.74) is 0. The van der Waals surface area contributed by atoms with Crippen molar-refractivity contribution in [2.45, 2.75) is 149 Å². The van der Waals surface area contributed by atoms with E-state index >= 15 is 0 Å². The molecule has 186 valence electrons. The third-order valence-corrected chi connectivity index (χ3v) is 10.8. The summed E-state index contributed by atoms with van der Waals surface area (Å²) in [5.74, 6) is 6.22. The molecule has 4 rings (SSSR count). The molecule has 2 heteroatoms. The van der Waals surface area contributed by atoms with Crippen molar-refractivity contribution < 1.29 is 9.47 Å². The molecule has 4 aliphatic rings. The van der Waals surface area contributed by atoms with Crippen LogP contribution in [-0.4, -0.2) is 24.4 Å². The Hall–Kier alpha value is -0.0800. The van der Waals surface area contributed by atoms with E-state index in [0.717, 1.165) is 41.4 Å². The van der Waals surface area contributed by atoms with E-state index in [9.17, 15) is 0 Å². The number of hydrogen-bond acceptors (Lipinski definition) is 2. The molecule has 4 saturated carbocycles. The fourth-order valence-corrected chi connectivity index (χ4v) is 7.67. The van der Waals surface area contributed by atoms with E-state index in [1.165, 1.54) is 89.9 Å². The minimum Gasteiger partial charge on any atom is -0.375 e. The first-order chi connectivity index (χ1) is 15.4. The highest BCUT2D eigenvalue weighted by molar-refractivity contribution is 4.85. The molecule has 0 heterocycles. The Morgan fingerprint density at radius 1 is 0.438 bits per heavy atom. The van der Waals surface area contributed by atoms with Gasteiger partial charge in [0.15, 0.2) is 0 Å². The molecule has 4 fully saturated rings. The van der Waals surface area contributed by atoms with E-state index < -0.39 is 0 Å². The third kappa shape index (κ3) is 6.53. The summed E-state index contributed by atoms with van der Waals surface area (Å²) in [4.78, 5) is 0. The molecule has 2 nitrogen and oxygen atoms in total. The lowest BCUT2D eigenvalue weighted by molar-refractivity contribution is -0.0765. The topological polar surface area (TPSA) is 18.5 Å². The minimum absolute atomic E-state index is 0.547. The maximum atomic E-state index is 6.61. The van der Waals surface area contributed by atoms with Crippen molar-refractivity contribution in [2.75, 3.05) is 0 Å². The molecule has 0 aromatic carbocycles. The van der Waals surface area contributed by atoms with Crippen LogP contribution in [0.2, 0.25) is 0 Å². The van der Waals surface area contributed by atoms with Crippen molar-refractivity contribution in [3.63, 3.8) is 0 Å². The average molecular weight is 447 g/mol. The van der Waals surface area contributed by atoms with Crippen molar-refractivity contribution >= 4 is 0 Å². The van der Waals surface area contributed by atoms with Gasteiger partial charge < -0.3 is 9.47 Å². The van der Waals surface area contributed by atoms with Gasteiger partial charge in [-0.1, -0.05) is 34.6 Å². The molecule has 0 radical (unpaired) electrons. The molecule has 0 aromatic rings. The van der Waals surface area contributed by atoms with Crippen molar-refractivity contribution in [2.24, 2.45) is 41.4 Å². The first-order valence-corrected chi connectivity index (χ1v) is 14.7. The van der Waals surface area contributed by atoms with E-state index in [0.29, 0.717) is 24.4 Å². The minimum atomic E-state index is 0.547. The predicted molar refractivity (Wildman–Crippen MR) is 135 cm³/mol. The molecule has 0 spiro atoms. The standard InChI is InChI=1S/C30H54O2/c1-20-6-12-29(18-22(20)3)31-27-14-8-25(9-15-27)24(5)26-10-16-28(17-11-26)32-30-13-7-21(2)23(4)19-30/h20-30H,6-19H2,1-5H3. The lowest BCUT2D eigenvalue weighted by Gasteiger charge is -2.41. The smallest absolute Gasteiger partial charge is 0.0581 e. The Morgan fingerprint density at radius 2 is 0.781 bits per heavy atom. The zero-order valence-electron chi connectivity index (χ0n) is 22.1. The molecule has 6 unspecified atom stereocenters. The van der Waals surface area contributed by atoms with Crippen LogP contribution in [0.5, 0.6) is 0 Å². The lowest BCUT2D eigenvalue weighted by Crippen LogP contribution is -2.36. The summed E-state index contributed by atoms with van der Waals surface area (Å²) in [5, 5.41) is 0. The van der Waals surface area contributed by atoms with Crippen LogP contribution in [0, 0.1) is 41.4 Å². The molecule has 0 bridgehead atoms. The Balaban J connectivity index is 1.14. The van der Waals surface area contributed by atoms with Crippen LogP contribution < -0.4 is 0 Å². The van der Waals surface area contributed by atoms with Crippen LogP contribution in [0.25, 0.3) is 0 Å². The SMILES string of the molecule is CC1CCC(OC2CCC(C(C)C3CCC(OC4CCC(C)C(C)C4)CC3)CC2)CC1C. The maximum Gasteiger partial charge on any atom is 0.0581 e. The van der Waals surface area contributed by atoms with Crippen molar-refractivity contribution in [3.05, 3.63) is 0 Å². The molecule has 0 aromatic heterocycles. The second kappa shape index (κ2) is 11.6. The highest BCUT2D eigenvalue weighted by Crippen LogP contribution is 2.42. The van der Waals surface area contributed by atoms with E-state index in [-0.39, 0.29) is 0 Å². The molecule has 0 saturated heterocycles. The van der Waals surface area contributed by atoms with Crippen LogP contribution >= 0.6 is 0 Å². The molecule has 0 N–H and O–H groups in total. The quantitative estimate of drug-likeness (QED) is 0.407. The van der Waals surface area contributed by atoms with E-state index in [2.05, 4.69) is 34.6 Å². The number of ether oxygens (including phenoxy) is 2. The summed E-state index contributed by atoms with van der Waals surface area (Å²) in [6.07, 6.45) is 21.0. The molecular formula is C30H54O2. The Bertz CT molecular complexity index is 497. The second-order valence-corrected chi connectivity index (χ2v) is 13.0. The van der Waals surface area contributed by atoms with Crippen LogP contribution in [0.4, 0.5) is 0 Å². The largest absolute Gasteiger partial charge is 0.375 e. The number of hydrogen-bond donors (Lipinski definition) is 0. The van der Waals surface area contributed by atoms with Crippen LogP contribution in [0.1, 0.15) is 125 Å². The zero-order chi connectivity index (χ0) is 22.7. The fourth-order valence-electron chi connectivity index (χ4n) is 7.67. The monoisotopic (exact) mass is 446 g/mol. The van der Waals surface area contributed by atoms with Crippen molar-refractivity contribution in [1.82, 2.24) is 0 Å². The molecule has 6 atom stereocenters. The van der Waals surface area contributed by atoms with E-state index in [1.807, 2.05) is 0 Å². The molecule has 0 amide bonds. The molecular weight excluding hydrogens is 392 g/mol. The molecule has 32 heavy (non-hydrogen) atoms. The molecule has 4 aliphatic carbocycles. The van der Waals surface area contributed by atoms with Crippen molar-refractivity contribution in [1.29, 1.82) is 0 Å². The van der Waals surface area contributed by atoms with Gasteiger partial charge in [-0.3, -0.25) is 0 Å². The molecule has 0 aliphatic heterocycles. The average Bonchev–Trinajstić information content (AvgIpc) is 2.79. The van der Waals surface area contributed by atoms with E-state index in [4.69, 9.17) is 9.47 Å². The van der Waals surface area contributed by atoms with Gasteiger partial charge in [0.2, 0.25) is 0 Å². The van der Waals surface area contributed by atoms with Crippen molar-refractivity contribution in [3.8, 4) is 0 Å². The first kappa shape index (κ1) is 25.0. The summed E-state index contributed by atoms with van der Waals surface area (Å²) < 4.78 is 13.2. The van der Waals surface area contributed by atoms with Gasteiger partial charge >= 0.3 is 0 Å². The van der Waals surface area contributed by atoms with Crippen LogP contribution in [0.15, 0.2) is 0 Å². The summed E-state index contributed by atoms with van der Waals surface area (Å²) in [6.45, 7) is 12.3. The van der Waals surface area contributed by atoms with E-state index in [1.54, 1.807) is 0 Å². The lowest BCUT2D eigenvalue weighted by atomic mass is 9.69. The summed E-state index contributed by atoms with van der Waals surface area (Å²) in [7, 11) is 0. The zero-order valence-corrected chi connectivity index (χ0v) is 22.1. The Kier molecular flexibility index (Phi) is 9.05. The predicted octanol–water partition coefficient (Wildman–Crippen LogP) is 8.42. The first-order valence-electron chi connectivity index (χ1n) is 14.7. The van der Waals surface area contributed by atoms with Gasteiger partial charge in [-0.15, -0.1) is 0 Å². The third-order valence-electron chi connectivity index (χ3n) is 10.8. The highest BCUT2D eigenvalue weighted by atomic mass is 16.5. The maximum absolute atomic E-state index is 6.61. The van der Waals surface area contributed by atoms with Gasteiger partial charge in [0.05, 0.1) is 24.4 Å². The number of rotatable bonds is 6. The Labute approximate surface area is 200 Å². The highest BCUT2D eigenvalue weighted by Gasteiger charge is 2.35. The van der Waals surface area contributed by atoms with Gasteiger partial charge in [-0.25, -0.2) is 0 Å². The van der Waals surface area contributed by atoms with Crippen LogP contribution in [0.3, 0.4) is 0 Å². The Morgan fingerprint density at radius 3 is 1.12 bits per heavy atom. The summed E-state index contributed by atoms with van der Waals surface area (Å²) >= 11 is 0. The van der Waals surface area contributed by atoms with Gasteiger partial charge in [-0.05, 0) is 131 Å². The second-order valence-electron chi connectivity index (χ2n) is 13.0. The summed E-state index contributed by atoms with van der Waals surface area (Å²) in [6, 6.07) is 0. The fraction of sp³-hybridized carbons (Fsp3) is 1.00. The van der Waals surface area contributed by atoms with Gasteiger partial charge in [0.25, 0.3) is 0 Å².